The maximum absolute atomic E-state index is 13.6. The quantitative estimate of drug-likeness (QED) is 0.156. The van der Waals surface area contributed by atoms with E-state index in [-0.39, 0.29) is 10.6 Å². The number of halogens is 1. The van der Waals surface area contributed by atoms with E-state index in [0.29, 0.717) is 33.9 Å². The van der Waals surface area contributed by atoms with Gasteiger partial charge in [-0.05, 0) is 70.4 Å². The largest absolute Gasteiger partial charge is 0.497 e. The number of carbonyl (C=O) groups is 1. The van der Waals surface area contributed by atoms with E-state index < -0.39 is 22.5 Å². The molecule has 0 fully saturated rings. The van der Waals surface area contributed by atoms with Crippen molar-refractivity contribution in [3.05, 3.63) is 112 Å². The summed E-state index contributed by atoms with van der Waals surface area (Å²) in [7, 11) is -1.07. The van der Waals surface area contributed by atoms with Crippen LogP contribution in [0.4, 0.5) is 5.69 Å². The third-order valence-corrected chi connectivity index (χ3v) is 8.50. The standard InChI is InChI=1S/C31H30BrN3O6S/c1-22-12-14-27(15-13-22)42(37,38)35(25-10-7-11-26(18-25)39-2)20-30(36)34-33-19-24-16-28(32)31(29(17-24)40-3)41-21-23-8-5-4-6-9-23/h4-19H,20-21H2,1-3H3,(H,34,36)/b33-19-. The molecule has 0 radical (unpaired) electrons. The van der Waals surface area contributed by atoms with Crippen LogP contribution in [-0.4, -0.2) is 41.3 Å². The molecule has 0 aliphatic heterocycles. The lowest BCUT2D eigenvalue weighted by Crippen LogP contribution is -2.39. The van der Waals surface area contributed by atoms with Crippen LogP contribution in [0.1, 0.15) is 16.7 Å². The molecule has 0 heterocycles. The average molecular weight is 653 g/mol. The zero-order valence-electron chi connectivity index (χ0n) is 23.3. The van der Waals surface area contributed by atoms with Crippen LogP contribution in [0.5, 0.6) is 17.2 Å². The molecule has 0 spiro atoms. The number of hydrogen-bond acceptors (Lipinski definition) is 7. The van der Waals surface area contributed by atoms with Gasteiger partial charge in [0, 0.05) is 6.07 Å². The number of carbonyl (C=O) groups excluding carboxylic acids is 1. The molecule has 218 valence electrons. The van der Waals surface area contributed by atoms with Crippen LogP contribution in [0.15, 0.2) is 105 Å². The Bertz CT molecular complexity index is 1660. The van der Waals surface area contributed by atoms with E-state index >= 15 is 0 Å². The molecule has 0 saturated heterocycles. The number of hydrazone groups is 1. The maximum atomic E-state index is 13.6. The van der Waals surface area contributed by atoms with Crippen LogP contribution in [0.2, 0.25) is 0 Å². The Labute approximate surface area is 253 Å². The van der Waals surface area contributed by atoms with Crippen molar-refractivity contribution in [3.63, 3.8) is 0 Å². The monoisotopic (exact) mass is 651 g/mol. The molecule has 1 amide bonds. The fraction of sp³-hybridized carbons (Fsp3) is 0.161. The van der Waals surface area contributed by atoms with E-state index in [9.17, 15) is 13.2 Å². The molecule has 0 aliphatic carbocycles. The minimum absolute atomic E-state index is 0.0544. The van der Waals surface area contributed by atoms with Crippen molar-refractivity contribution in [2.24, 2.45) is 5.10 Å². The van der Waals surface area contributed by atoms with Gasteiger partial charge in [0.15, 0.2) is 11.5 Å². The minimum atomic E-state index is -4.08. The number of amides is 1. The molecule has 4 aromatic carbocycles. The van der Waals surface area contributed by atoms with Gasteiger partial charge in [-0.2, -0.15) is 5.10 Å². The van der Waals surface area contributed by atoms with Gasteiger partial charge in [-0.25, -0.2) is 13.8 Å². The van der Waals surface area contributed by atoms with Gasteiger partial charge in [-0.15, -0.1) is 0 Å². The second kappa shape index (κ2) is 14.0. The summed E-state index contributed by atoms with van der Waals surface area (Å²) in [6.45, 7) is 1.70. The average Bonchev–Trinajstić information content (AvgIpc) is 2.99. The lowest BCUT2D eigenvalue weighted by atomic mass is 10.2. The fourth-order valence-electron chi connectivity index (χ4n) is 3.95. The molecule has 4 aromatic rings. The highest BCUT2D eigenvalue weighted by atomic mass is 79.9. The molecule has 1 N–H and O–H groups in total. The van der Waals surface area contributed by atoms with E-state index in [1.807, 2.05) is 37.3 Å². The number of methoxy groups -OCH3 is 2. The highest BCUT2D eigenvalue weighted by Crippen LogP contribution is 2.37. The molecule has 0 bridgehead atoms. The van der Waals surface area contributed by atoms with Gasteiger partial charge in [-0.1, -0.05) is 54.1 Å². The van der Waals surface area contributed by atoms with Crippen LogP contribution in [-0.2, 0) is 21.4 Å². The molecule has 0 aliphatic rings. The Kier molecular flexibility index (Phi) is 10.2. The molecular formula is C31H30BrN3O6S. The summed E-state index contributed by atoms with van der Waals surface area (Å²) in [6, 6.07) is 26.1. The van der Waals surface area contributed by atoms with E-state index in [1.165, 1.54) is 32.6 Å². The number of aryl methyl sites for hydroxylation is 1. The van der Waals surface area contributed by atoms with Crippen LogP contribution in [0.3, 0.4) is 0 Å². The second-order valence-electron chi connectivity index (χ2n) is 9.13. The third-order valence-electron chi connectivity index (χ3n) is 6.12. The molecular weight excluding hydrogens is 622 g/mol. The Morgan fingerprint density at radius 1 is 0.952 bits per heavy atom. The smallest absolute Gasteiger partial charge is 0.264 e. The van der Waals surface area contributed by atoms with Crippen molar-refractivity contribution in [2.75, 3.05) is 25.1 Å². The fourth-order valence-corrected chi connectivity index (χ4v) is 5.93. The Balaban J connectivity index is 1.50. The zero-order chi connectivity index (χ0) is 30.1. The predicted octanol–water partition coefficient (Wildman–Crippen LogP) is 5.70. The van der Waals surface area contributed by atoms with Crippen molar-refractivity contribution in [1.82, 2.24) is 5.43 Å². The Morgan fingerprint density at radius 2 is 1.69 bits per heavy atom. The zero-order valence-corrected chi connectivity index (χ0v) is 25.7. The van der Waals surface area contributed by atoms with Crippen LogP contribution >= 0.6 is 15.9 Å². The van der Waals surface area contributed by atoms with E-state index in [2.05, 4.69) is 26.5 Å². The van der Waals surface area contributed by atoms with Crippen molar-refractivity contribution in [1.29, 1.82) is 0 Å². The van der Waals surface area contributed by atoms with Crippen molar-refractivity contribution in [3.8, 4) is 17.2 Å². The number of benzene rings is 4. The Morgan fingerprint density at radius 3 is 2.38 bits per heavy atom. The normalized spacial score (nSPS) is 11.2. The topological polar surface area (TPSA) is 107 Å². The number of nitrogens with one attached hydrogen (secondary N) is 1. The summed E-state index contributed by atoms with van der Waals surface area (Å²) in [5.41, 5.74) is 5.22. The number of rotatable bonds is 12. The summed E-state index contributed by atoms with van der Waals surface area (Å²) in [4.78, 5) is 13.0. The first-order chi connectivity index (χ1) is 20.2. The third kappa shape index (κ3) is 7.68. The van der Waals surface area contributed by atoms with Crippen molar-refractivity contribution in [2.45, 2.75) is 18.4 Å². The highest BCUT2D eigenvalue weighted by molar-refractivity contribution is 9.10. The van der Waals surface area contributed by atoms with E-state index in [0.717, 1.165) is 15.4 Å². The molecule has 0 aromatic heterocycles. The summed E-state index contributed by atoms with van der Waals surface area (Å²) in [6.07, 6.45) is 1.43. The SMILES string of the molecule is COc1cccc(N(CC(=O)N/N=C\c2cc(Br)c(OCc3ccccc3)c(OC)c2)S(=O)(=O)c2ccc(C)cc2)c1. The van der Waals surface area contributed by atoms with Crippen molar-refractivity contribution >= 4 is 43.8 Å². The number of anilines is 1. The second-order valence-corrected chi connectivity index (χ2v) is 11.8. The molecule has 0 unspecified atom stereocenters. The van der Waals surface area contributed by atoms with Gasteiger partial charge in [0.2, 0.25) is 0 Å². The van der Waals surface area contributed by atoms with Crippen LogP contribution in [0, 0.1) is 6.92 Å². The van der Waals surface area contributed by atoms with Crippen LogP contribution in [0.25, 0.3) is 0 Å². The molecule has 11 heteroatoms. The van der Waals surface area contributed by atoms with Gasteiger partial charge < -0.3 is 14.2 Å². The number of nitrogens with zero attached hydrogens (tertiary/aromatic N) is 2. The molecule has 9 nitrogen and oxygen atoms in total. The first kappa shape index (κ1) is 30.6. The van der Waals surface area contributed by atoms with Crippen LogP contribution < -0.4 is 23.9 Å². The first-order valence-corrected chi connectivity index (χ1v) is 15.0. The van der Waals surface area contributed by atoms with Gasteiger partial charge in [-0.3, -0.25) is 9.10 Å². The van der Waals surface area contributed by atoms with Crippen molar-refractivity contribution < 1.29 is 27.4 Å². The van der Waals surface area contributed by atoms with E-state index in [4.69, 9.17) is 14.2 Å². The summed E-state index contributed by atoms with van der Waals surface area (Å²) >= 11 is 3.51. The molecule has 42 heavy (non-hydrogen) atoms. The maximum Gasteiger partial charge on any atom is 0.264 e. The summed E-state index contributed by atoms with van der Waals surface area (Å²) in [5.74, 6) is 0.809. The number of ether oxygens (including phenoxy) is 3. The lowest BCUT2D eigenvalue weighted by Gasteiger charge is -2.24. The van der Waals surface area contributed by atoms with Gasteiger partial charge in [0.25, 0.3) is 15.9 Å². The summed E-state index contributed by atoms with van der Waals surface area (Å²) in [5, 5.41) is 4.04. The van der Waals surface area contributed by atoms with E-state index in [1.54, 1.807) is 48.5 Å². The predicted molar refractivity (Wildman–Crippen MR) is 166 cm³/mol. The summed E-state index contributed by atoms with van der Waals surface area (Å²) < 4.78 is 45.6. The number of hydrogen-bond donors (Lipinski definition) is 1. The highest BCUT2D eigenvalue weighted by Gasteiger charge is 2.27. The molecule has 4 rings (SSSR count). The van der Waals surface area contributed by atoms with Gasteiger partial charge >= 0.3 is 0 Å². The number of sulfonamides is 1. The molecule has 0 saturated carbocycles. The lowest BCUT2D eigenvalue weighted by molar-refractivity contribution is -0.119. The van der Waals surface area contributed by atoms with Gasteiger partial charge in [0.05, 0.1) is 35.5 Å². The Hall–Kier alpha value is -4.35. The molecule has 0 atom stereocenters. The van der Waals surface area contributed by atoms with Gasteiger partial charge in [0.1, 0.15) is 18.9 Å². The minimum Gasteiger partial charge on any atom is -0.497 e. The first-order valence-electron chi connectivity index (χ1n) is 12.8.